The molecule has 0 aromatic heterocycles. The number of aryl methyl sites for hydroxylation is 1. The summed E-state index contributed by atoms with van der Waals surface area (Å²) in [6, 6.07) is 6.70. The molecule has 0 amide bonds. The summed E-state index contributed by atoms with van der Waals surface area (Å²) in [7, 11) is 5.89. The first-order valence-electron chi connectivity index (χ1n) is 6.02. The maximum absolute atomic E-state index is 5.79. The number of methoxy groups -OCH3 is 1. The molecule has 1 rings (SSSR count). The molecule has 17 heavy (non-hydrogen) atoms. The van der Waals surface area contributed by atoms with E-state index in [1.807, 2.05) is 6.07 Å². The molecule has 1 aromatic carbocycles. The molecular weight excluding hydrogens is 212 g/mol. The van der Waals surface area contributed by atoms with Crippen LogP contribution in [0.25, 0.3) is 0 Å². The van der Waals surface area contributed by atoms with Gasteiger partial charge in [-0.05, 0) is 50.7 Å². The van der Waals surface area contributed by atoms with E-state index in [2.05, 4.69) is 45.0 Å². The minimum absolute atomic E-state index is 0.351. The average molecular weight is 236 g/mol. The van der Waals surface area contributed by atoms with Crippen LogP contribution in [0.5, 0.6) is 5.75 Å². The summed E-state index contributed by atoms with van der Waals surface area (Å²) in [4.78, 5) is 2.22. The fraction of sp³-hybridized carbons (Fsp3) is 0.571. The topological polar surface area (TPSA) is 38.5 Å². The van der Waals surface area contributed by atoms with Gasteiger partial charge >= 0.3 is 0 Å². The van der Waals surface area contributed by atoms with Gasteiger partial charge in [0.1, 0.15) is 5.75 Å². The third-order valence-electron chi connectivity index (χ3n) is 3.23. The third kappa shape index (κ3) is 3.20. The first-order chi connectivity index (χ1) is 8.01. The molecule has 0 spiro atoms. The highest BCUT2D eigenvalue weighted by molar-refractivity contribution is 5.37. The number of hydrogen-bond donors (Lipinski definition) is 1. The molecule has 1 aromatic rings. The fourth-order valence-corrected chi connectivity index (χ4v) is 2.35. The molecule has 0 heterocycles. The van der Waals surface area contributed by atoms with E-state index in [0.29, 0.717) is 18.5 Å². The normalized spacial score (nSPS) is 14.8. The van der Waals surface area contributed by atoms with Crippen molar-refractivity contribution >= 4 is 0 Å². The quantitative estimate of drug-likeness (QED) is 0.852. The van der Waals surface area contributed by atoms with Gasteiger partial charge in [0, 0.05) is 6.04 Å². The van der Waals surface area contributed by atoms with Gasteiger partial charge in [-0.3, -0.25) is 0 Å². The maximum Gasteiger partial charge on any atom is 0.121 e. The number of rotatable bonds is 5. The second-order valence-corrected chi connectivity index (χ2v) is 4.85. The molecule has 0 aliphatic heterocycles. The van der Waals surface area contributed by atoms with Crippen LogP contribution in [0.15, 0.2) is 18.2 Å². The van der Waals surface area contributed by atoms with Crippen molar-refractivity contribution < 1.29 is 4.74 Å². The van der Waals surface area contributed by atoms with Gasteiger partial charge in [-0.25, -0.2) is 0 Å². The standard InChI is InChI=1S/C14H24N2O/c1-10-8-12(6-7-13(10)17-5)14(16(3)4)11(2)9-15/h6-8,11,14H,9,15H2,1-5H3. The number of hydrogen-bond acceptors (Lipinski definition) is 3. The molecule has 3 nitrogen and oxygen atoms in total. The molecule has 2 unspecified atom stereocenters. The van der Waals surface area contributed by atoms with Crippen LogP contribution in [0.3, 0.4) is 0 Å². The van der Waals surface area contributed by atoms with Crippen LogP contribution in [0.2, 0.25) is 0 Å². The van der Waals surface area contributed by atoms with Crippen molar-refractivity contribution in [1.29, 1.82) is 0 Å². The maximum atomic E-state index is 5.79. The van der Waals surface area contributed by atoms with Gasteiger partial charge in [-0.1, -0.05) is 19.1 Å². The Morgan fingerprint density at radius 2 is 2.00 bits per heavy atom. The van der Waals surface area contributed by atoms with Crippen LogP contribution < -0.4 is 10.5 Å². The Kier molecular flexibility index (Phi) is 4.97. The Bertz CT molecular complexity index is 363. The van der Waals surface area contributed by atoms with Gasteiger partial charge in [0.15, 0.2) is 0 Å². The lowest BCUT2D eigenvalue weighted by atomic mass is 9.92. The van der Waals surface area contributed by atoms with E-state index < -0.39 is 0 Å². The summed E-state index contributed by atoms with van der Waals surface area (Å²) in [5, 5.41) is 0. The van der Waals surface area contributed by atoms with Crippen molar-refractivity contribution in [3.63, 3.8) is 0 Å². The number of ether oxygens (including phenoxy) is 1. The molecule has 96 valence electrons. The molecule has 0 fully saturated rings. The van der Waals surface area contributed by atoms with E-state index in [4.69, 9.17) is 10.5 Å². The zero-order valence-electron chi connectivity index (χ0n) is 11.5. The van der Waals surface area contributed by atoms with Crippen LogP contribution >= 0.6 is 0 Å². The highest BCUT2D eigenvalue weighted by atomic mass is 16.5. The van der Waals surface area contributed by atoms with E-state index in [0.717, 1.165) is 5.75 Å². The molecule has 0 saturated heterocycles. The van der Waals surface area contributed by atoms with E-state index >= 15 is 0 Å². The second-order valence-electron chi connectivity index (χ2n) is 4.85. The SMILES string of the molecule is COc1ccc(C(C(C)CN)N(C)C)cc1C. The Balaban J connectivity index is 3.07. The fourth-order valence-electron chi connectivity index (χ4n) is 2.35. The summed E-state index contributed by atoms with van der Waals surface area (Å²) in [6.45, 7) is 4.94. The molecule has 0 bridgehead atoms. The monoisotopic (exact) mass is 236 g/mol. The van der Waals surface area contributed by atoms with Crippen LogP contribution in [0.4, 0.5) is 0 Å². The van der Waals surface area contributed by atoms with Crippen molar-refractivity contribution in [3.05, 3.63) is 29.3 Å². The van der Waals surface area contributed by atoms with Crippen molar-refractivity contribution in [2.45, 2.75) is 19.9 Å². The van der Waals surface area contributed by atoms with E-state index in [9.17, 15) is 0 Å². The molecule has 2 atom stereocenters. The molecular formula is C14H24N2O. The molecule has 0 radical (unpaired) electrons. The van der Waals surface area contributed by atoms with Crippen molar-refractivity contribution in [2.24, 2.45) is 11.7 Å². The number of nitrogens with zero attached hydrogens (tertiary/aromatic N) is 1. The van der Waals surface area contributed by atoms with E-state index in [1.165, 1.54) is 11.1 Å². The van der Waals surface area contributed by atoms with Gasteiger partial charge in [0.2, 0.25) is 0 Å². The minimum Gasteiger partial charge on any atom is -0.496 e. The minimum atomic E-state index is 0.351. The van der Waals surface area contributed by atoms with Crippen LogP contribution in [0, 0.1) is 12.8 Å². The molecule has 0 saturated carbocycles. The smallest absolute Gasteiger partial charge is 0.121 e. The average Bonchev–Trinajstić information content (AvgIpc) is 2.28. The van der Waals surface area contributed by atoms with Gasteiger partial charge in [0.05, 0.1) is 7.11 Å². The highest BCUT2D eigenvalue weighted by Gasteiger charge is 2.20. The van der Waals surface area contributed by atoms with Gasteiger partial charge < -0.3 is 15.4 Å². The lowest BCUT2D eigenvalue weighted by Gasteiger charge is -2.30. The molecule has 0 aliphatic carbocycles. The second kappa shape index (κ2) is 6.03. The van der Waals surface area contributed by atoms with Crippen molar-refractivity contribution in [3.8, 4) is 5.75 Å². The van der Waals surface area contributed by atoms with Crippen molar-refractivity contribution in [1.82, 2.24) is 4.90 Å². The van der Waals surface area contributed by atoms with Crippen LogP contribution in [-0.4, -0.2) is 32.6 Å². The zero-order valence-corrected chi connectivity index (χ0v) is 11.5. The van der Waals surface area contributed by atoms with Gasteiger partial charge in [-0.2, -0.15) is 0 Å². The summed E-state index contributed by atoms with van der Waals surface area (Å²) >= 11 is 0. The largest absolute Gasteiger partial charge is 0.496 e. The first kappa shape index (κ1) is 14.0. The van der Waals surface area contributed by atoms with E-state index in [-0.39, 0.29) is 0 Å². The number of nitrogens with two attached hydrogens (primary N) is 1. The summed E-state index contributed by atoms with van der Waals surface area (Å²) < 4.78 is 5.29. The Hall–Kier alpha value is -1.06. The van der Waals surface area contributed by atoms with Gasteiger partial charge in [0.25, 0.3) is 0 Å². The van der Waals surface area contributed by atoms with Crippen molar-refractivity contribution in [2.75, 3.05) is 27.7 Å². The Morgan fingerprint density at radius 3 is 2.41 bits per heavy atom. The summed E-state index contributed by atoms with van der Waals surface area (Å²) in [5.74, 6) is 1.37. The van der Waals surface area contributed by atoms with Gasteiger partial charge in [-0.15, -0.1) is 0 Å². The molecule has 3 heteroatoms. The summed E-state index contributed by atoms with van der Waals surface area (Å²) in [5.41, 5.74) is 8.26. The first-order valence-corrected chi connectivity index (χ1v) is 6.02. The van der Waals surface area contributed by atoms with Crippen LogP contribution in [-0.2, 0) is 0 Å². The third-order valence-corrected chi connectivity index (χ3v) is 3.23. The molecule has 2 N–H and O–H groups in total. The lowest BCUT2D eigenvalue weighted by molar-refractivity contribution is 0.227. The lowest BCUT2D eigenvalue weighted by Crippen LogP contribution is -2.30. The highest BCUT2D eigenvalue weighted by Crippen LogP contribution is 2.29. The Morgan fingerprint density at radius 1 is 1.35 bits per heavy atom. The molecule has 0 aliphatic rings. The van der Waals surface area contributed by atoms with Crippen LogP contribution in [0.1, 0.15) is 24.1 Å². The predicted octanol–water partition coefficient (Wildman–Crippen LogP) is 2.20. The van der Waals surface area contributed by atoms with E-state index in [1.54, 1.807) is 7.11 Å². The summed E-state index contributed by atoms with van der Waals surface area (Å²) in [6.07, 6.45) is 0. The number of benzene rings is 1. The predicted molar refractivity (Wildman–Crippen MR) is 72.4 cm³/mol. The Labute approximate surface area is 105 Å². The zero-order chi connectivity index (χ0) is 13.0.